The highest BCUT2D eigenvalue weighted by molar-refractivity contribution is 6.30. The van der Waals surface area contributed by atoms with E-state index in [1.54, 1.807) is 4.90 Å². The number of nitrogens with zero attached hydrogens (tertiary/aromatic N) is 4. The largest absolute Gasteiger partial charge is 0.480 e. The third-order valence-corrected chi connectivity index (χ3v) is 6.27. The second kappa shape index (κ2) is 8.94. The van der Waals surface area contributed by atoms with E-state index in [4.69, 9.17) is 16.7 Å². The third kappa shape index (κ3) is 4.98. The summed E-state index contributed by atoms with van der Waals surface area (Å²) >= 11 is 5.76. The van der Waals surface area contributed by atoms with E-state index in [1.165, 1.54) is 17.0 Å². The number of aliphatic carboxylic acids is 1. The Kier molecular flexibility index (Phi) is 6.37. The van der Waals surface area contributed by atoms with Crippen molar-refractivity contribution < 1.29 is 32.3 Å². The van der Waals surface area contributed by atoms with Crippen molar-refractivity contribution in [1.82, 2.24) is 19.6 Å². The van der Waals surface area contributed by atoms with Crippen molar-refractivity contribution in [3.8, 4) is 0 Å². The zero-order valence-corrected chi connectivity index (χ0v) is 18.2. The van der Waals surface area contributed by atoms with Crippen LogP contribution in [0.3, 0.4) is 0 Å². The van der Waals surface area contributed by atoms with E-state index in [0.29, 0.717) is 13.0 Å². The van der Waals surface area contributed by atoms with Crippen LogP contribution in [-0.2, 0) is 35.3 Å². The predicted molar refractivity (Wildman–Crippen MR) is 109 cm³/mol. The molecular formula is C21H21ClF4N4O3. The van der Waals surface area contributed by atoms with Crippen LogP contribution >= 0.6 is 11.6 Å². The molecule has 33 heavy (non-hydrogen) atoms. The van der Waals surface area contributed by atoms with Crippen LogP contribution in [0.25, 0.3) is 0 Å². The first-order valence-electron chi connectivity index (χ1n) is 10.4. The Morgan fingerprint density at radius 3 is 2.67 bits per heavy atom. The number of amides is 1. The minimum atomic E-state index is -4.68. The molecule has 0 aliphatic carbocycles. The van der Waals surface area contributed by atoms with E-state index in [0.717, 1.165) is 10.7 Å². The lowest BCUT2D eigenvalue weighted by Gasteiger charge is -2.30. The van der Waals surface area contributed by atoms with E-state index in [2.05, 4.69) is 5.10 Å². The van der Waals surface area contributed by atoms with E-state index >= 15 is 0 Å². The van der Waals surface area contributed by atoms with Gasteiger partial charge in [-0.2, -0.15) is 18.3 Å². The fraction of sp³-hybridized carbons (Fsp3) is 0.476. The molecule has 178 valence electrons. The zero-order valence-electron chi connectivity index (χ0n) is 17.4. The van der Waals surface area contributed by atoms with Crippen molar-refractivity contribution in [2.75, 3.05) is 26.2 Å². The molecule has 12 heteroatoms. The molecule has 4 rings (SSSR count). The summed E-state index contributed by atoms with van der Waals surface area (Å²) in [6, 6.07) is 3.91. The van der Waals surface area contributed by atoms with Gasteiger partial charge in [-0.25, -0.2) is 4.39 Å². The SMILES string of the molecule is O=C(O)CN1CCC(C(=O)N2CCc3c(C(F)(F)F)nn(Cc4ccc(Cl)cc4F)c3C2)C1. The highest BCUT2D eigenvalue weighted by Crippen LogP contribution is 2.36. The van der Waals surface area contributed by atoms with Crippen LogP contribution in [0.2, 0.25) is 5.02 Å². The summed E-state index contributed by atoms with van der Waals surface area (Å²) in [7, 11) is 0. The van der Waals surface area contributed by atoms with Crippen LogP contribution in [0, 0.1) is 11.7 Å². The number of carboxylic acids is 1. The Bertz CT molecular complexity index is 1090. The van der Waals surface area contributed by atoms with Crippen LogP contribution < -0.4 is 0 Å². The van der Waals surface area contributed by atoms with Crippen molar-refractivity contribution in [3.63, 3.8) is 0 Å². The Balaban J connectivity index is 1.58. The smallest absolute Gasteiger partial charge is 0.435 e. The second-order valence-electron chi connectivity index (χ2n) is 8.29. The van der Waals surface area contributed by atoms with Crippen molar-refractivity contribution in [2.45, 2.75) is 32.1 Å². The molecule has 1 fully saturated rings. The molecule has 0 radical (unpaired) electrons. The molecular weight excluding hydrogens is 468 g/mol. The normalized spacial score (nSPS) is 19.1. The second-order valence-corrected chi connectivity index (χ2v) is 8.73. The maximum absolute atomic E-state index is 14.3. The van der Waals surface area contributed by atoms with Gasteiger partial charge >= 0.3 is 12.1 Å². The Labute approximate surface area is 191 Å². The molecule has 0 saturated carbocycles. The van der Waals surface area contributed by atoms with Gasteiger partial charge in [0, 0.05) is 29.2 Å². The molecule has 2 aliphatic heterocycles. The number of halogens is 5. The van der Waals surface area contributed by atoms with Gasteiger partial charge in [-0.05, 0) is 31.5 Å². The molecule has 1 aromatic carbocycles. The average Bonchev–Trinajstić information content (AvgIpc) is 3.33. The van der Waals surface area contributed by atoms with Crippen LogP contribution in [0.1, 0.15) is 28.9 Å². The Hall–Kier alpha value is -2.66. The first-order valence-corrected chi connectivity index (χ1v) is 10.7. The molecule has 7 nitrogen and oxygen atoms in total. The maximum Gasteiger partial charge on any atom is 0.435 e. The van der Waals surface area contributed by atoms with Crippen LogP contribution in [0.15, 0.2) is 18.2 Å². The van der Waals surface area contributed by atoms with E-state index in [1.807, 2.05) is 0 Å². The lowest BCUT2D eigenvalue weighted by atomic mass is 10.0. The van der Waals surface area contributed by atoms with Crippen LogP contribution in [-0.4, -0.2) is 62.7 Å². The summed E-state index contributed by atoms with van der Waals surface area (Å²) in [4.78, 5) is 27.1. The highest BCUT2D eigenvalue weighted by atomic mass is 35.5. The zero-order chi connectivity index (χ0) is 23.9. The maximum atomic E-state index is 14.3. The van der Waals surface area contributed by atoms with Crippen molar-refractivity contribution in [1.29, 1.82) is 0 Å². The van der Waals surface area contributed by atoms with Gasteiger partial charge in [0.25, 0.3) is 0 Å². The number of rotatable bonds is 5. The topological polar surface area (TPSA) is 78.7 Å². The number of carbonyl (C=O) groups is 2. The molecule has 2 aliphatic rings. The molecule has 1 saturated heterocycles. The summed E-state index contributed by atoms with van der Waals surface area (Å²) in [5.74, 6) is -2.29. The van der Waals surface area contributed by atoms with Gasteiger partial charge in [-0.15, -0.1) is 0 Å². The van der Waals surface area contributed by atoms with Gasteiger partial charge in [0.05, 0.1) is 31.2 Å². The van der Waals surface area contributed by atoms with Crippen molar-refractivity contribution >= 4 is 23.5 Å². The quantitative estimate of drug-likeness (QED) is 0.655. The van der Waals surface area contributed by atoms with Crippen LogP contribution in [0.5, 0.6) is 0 Å². The molecule has 1 unspecified atom stereocenters. The lowest BCUT2D eigenvalue weighted by Crippen LogP contribution is -2.41. The number of likely N-dealkylation sites (tertiary alicyclic amines) is 1. The molecule has 0 bridgehead atoms. The molecule has 2 aromatic rings. The first kappa shape index (κ1) is 23.5. The van der Waals surface area contributed by atoms with E-state index in [-0.39, 0.29) is 66.9 Å². The summed E-state index contributed by atoms with van der Waals surface area (Å²) in [6.45, 7) is 0.375. The van der Waals surface area contributed by atoms with Gasteiger partial charge in [-0.3, -0.25) is 19.2 Å². The lowest BCUT2D eigenvalue weighted by molar-refractivity contribution is -0.142. The third-order valence-electron chi connectivity index (χ3n) is 6.03. The first-order chi connectivity index (χ1) is 15.5. The standard InChI is InChI=1S/C21H21ClF4N4O3/c22-14-2-1-12(16(23)7-14)9-30-17-10-29(6-4-15(17)19(27-30)21(24,25)26)20(33)13-3-5-28(8-13)11-18(31)32/h1-2,7,13H,3-6,8-11H2,(H,31,32). The Morgan fingerprint density at radius 2 is 2.00 bits per heavy atom. The van der Waals surface area contributed by atoms with E-state index < -0.39 is 29.6 Å². The number of benzene rings is 1. The monoisotopic (exact) mass is 488 g/mol. The molecule has 3 heterocycles. The van der Waals surface area contributed by atoms with Gasteiger partial charge < -0.3 is 10.0 Å². The minimum absolute atomic E-state index is 0.0137. The van der Waals surface area contributed by atoms with Gasteiger partial charge in [-0.1, -0.05) is 17.7 Å². The van der Waals surface area contributed by atoms with Crippen molar-refractivity contribution in [3.05, 3.63) is 51.6 Å². The van der Waals surface area contributed by atoms with Gasteiger partial charge in [0.2, 0.25) is 5.91 Å². The number of aromatic nitrogens is 2. The molecule has 1 aromatic heterocycles. The summed E-state index contributed by atoms with van der Waals surface area (Å²) < 4.78 is 56.2. The number of fused-ring (bicyclic) bond motifs is 1. The Morgan fingerprint density at radius 1 is 1.24 bits per heavy atom. The van der Waals surface area contributed by atoms with Gasteiger partial charge in [0.1, 0.15) is 5.82 Å². The minimum Gasteiger partial charge on any atom is -0.480 e. The van der Waals surface area contributed by atoms with Crippen molar-refractivity contribution in [2.24, 2.45) is 5.92 Å². The molecule has 0 spiro atoms. The number of hydrogen-bond acceptors (Lipinski definition) is 4. The fourth-order valence-electron chi connectivity index (χ4n) is 4.47. The molecule has 1 N–H and O–H groups in total. The molecule has 1 atom stereocenters. The summed E-state index contributed by atoms with van der Waals surface area (Å²) in [5.41, 5.74) is -0.661. The number of hydrogen-bond donors (Lipinski definition) is 1. The highest BCUT2D eigenvalue weighted by Gasteiger charge is 2.42. The molecule has 1 amide bonds. The number of carbonyl (C=O) groups excluding carboxylic acids is 1. The fourth-order valence-corrected chi connectivity index (χ4v) is 4.62. The number of alkyl halides is 3. The average molecular weight is 489 g/mol. The van der Waals surface area contributed by atoms with Gasteiger partial charge in [0.15, 0.2) is 5.69 Å². The number of carboxylic acid groups (broad SMARTS) is 1. The van der Waals surface area contributed by atoms with E-state index in [9.17, 15) is 27.2 Å². The summed E-state index contributed by atoms with van der Waals surface area (Å²) in [6.07, 6.45) is -4.22. The summed E-state index contributed by atoms with van der Waals surface area (Å²) in [5, 5.41) is 12.8. The predicted octanol–water partition coefficient (Wildman–Crippen LogP) is 3.03. The van der Waals surface area contributed by atoms with Crippen LogP contribution in [0.4, 0.5) is 17.6 Å².